The number of ether oxygens (including phenoxy) is 1. The minimum absolute atomic E-state index is 0.00239. The Kier molecular flexibility index (Phi) is 7.05. The zero-order valence-corrected chi connectivity index (χ0v) is 19.0. The lowest BCUT2D eigenvalue weighted by atomic mass is 9.74. The van der Waals surface area contributed by atoms with Gasteiger partial charge in [-0.25, -0.2) is 13.7 Å². The van der Waals surface area contributed by atoms with Crippen LogP contribution in [0.4, 0.5) is 18.0 Å². The van der Waals surface area contributed by atoms with Crippen molar-refractivity contribution in [1.29, 1.82) is 0 Å². The molecule has 3 rings (SSSR count). The summed E-state index contributed by atoms with van der Waals surface area (Å²) >= 11 is 0. The Morgan fingerprint density at radius 3 is 2.35 bits per heavy atom. The molecule has 174 valence electrons. The van der Waals surface area contributed by atoms with E-state index >= 15 is 0 Å². The number of benzene rings is 1. The fraction of sp³-hybridized carbons (Fsp3) is 0.682. The van der Waals surface area contributed by atoms with Crippen molar-refractivity contribution in [2.45, 2.75) is 70.0 Å². The van der Waals surface area contributed by atoms with Gasteiger partial charge in [0.2, 0.25) is 0 Å². The third-order valence-corrected chi connectivity index (χ3v) is 8.01. The lowest BCUT2D eigenvalue weighted by molar-refractivity contribution is -0.175. The van der Waals surface area contributed by atoms with Gasteiger partial charge in [-0.15, -0.1) is 0 Å². The fourth-order valence-corrected chi connectivity index (χ4v) is 5.44. The van der Waals surface area contributed by atoms with Crippen LogP contribution in [-0.2, 0) is 22.3 Å². The number of carbonyl (C=O) groups is 1. The quantitative estimate of drug-likeness (QED) is 0.702. The normalized spacial score (nSPS) is 24.9. The van der Waals surface area contributed by atoms with Gasteiger partial charge in [-0.05, 0) is 57.4 Å². The lowest BCUT2D eigenvalue weighted by Gasteiger charge is -2.43. The Morgan fingerprint density at radius 2 is 1.81 bits per heavy atom. The molecule has 0 radical (unpaired) electrons. The number of hydrogen-bond acceptors (Lipinski definition) is 3. The van der Waals surface area contributed by atoms with E-state index in [0.29, 0.717) is 25.9 Å². The highest BCUT2D eigenvalue weighted by molar-refractivity contribution is 7.84. The van der Waals surface area contributed by atoms with Crippen LogP contribution >= 0.6 is 0 Å². The summed E-state index contributed by atoms with van der Waals surface area (Å²) in [5.41, 5.74) is 0.249. The number of nitrogens with zero attached hydrogens (tertiary/aromatic N) is 1. The molecule has 1 heterocycles. The van der Waals surface area contributed by atoms with Crippen LogP contribution in [0.2, 0.25) is 0 Å². The van der Waals surface area contributed by atoms with Crippen LogP contribution in [0.15, 0.2) is 30.3 Å². The van der Waals surface area contributed by atoms with Crippen molar-refractivity contribution in [3.8, 4) is 0 Å². The fourth-order valence-electron chi connectivity index (χ4n) is 4.48. The van der Waals surface area contributed by atoms with E-state index in [1.807, 2.05) is 30.3 Å². The molecule has 1 aromatic carbocycles. The number of rotatable bonds is 4. The molecule has 2 aliphatic rings. The molecule has 5 nitrogen and oxygen atoms in total. The SMILES string of the molecule is CC(C)(C)S(=O)N[C@@H]1C[C@H](C(F)(F)F)CC12CCN(C(=O)OCc1ccccc1)CC2. The summed E-state index contributed by atoms with van der Waals surface area (Å²) < 4.78 is 61.0. The van der Waals surface area contributed by atoms with Crippen LogP contribution in [0.3, 0.4) is 0 Å². The van der Waals surface area contributed by atoms with Gasteiger partial charge in [-0.1, -0.05) is 30.3 Å². The number of nitrogens with one attached hydrogen (secondary N) is 1. The largest absolute Gasteiger partial charge is 0.445 e. The Labute approximate surface area is 184 Å². The van der Waals surface area contributed by atoms with Gasteiger partial charge in [0, 0.05) is 19.1 Å². The molecular formula is C22H31F3N2O3S. The lowest BCUT2D eigenvalue weighted by Crippen LogP contribution is -2.52. The number of piperidine rings is 1. The van der Waals surface area contributed by atoms with Crippen molar-refractivity contribution in [1.82, 2.24) is 9.62 Å². The van der Waals surface area contributed by atoms with E-state index in [9.17, 15) is 22.2 Å². The van der Waals surface area contributed by atoms with Gasteiger partial charge in [0.1, 0.15) is 6.61 Å². The molecule has 1 aromatic rings. The molecule has 2 fully saturated rings. The molecule has 1 N–H and O–H groups in total. The smallest absolute Gasteiger partial charge is 0.410 e. The van der Waals surface area contributed by atoms with Crippen molar-refractivity contribution in [2.24, 2.45) is 11.3 Å². The van der Waals surface area contributed by atoms with E-state index in [4.69, 9.17) is 4.74 Å². The molecule has 1 saturated carbocycles. The van der Waals surface area contributed by atoms with Crippen LogP contribution in [-0.4, -0.2) is 45.3 Å². The van der Waals surface area contributed by atoms with Crippen molar-refractivity contribution in [2.75, 3.05) is 13.1 Å². The topological polar surface area (TPSA) is 58.6 Å². The standard InChI is InChI=1S/C22H31F3N2O3S/c1-20(2,3)31(29)26-18-13-17(22(23,24)25)14-21(18)9-11-27(12-10-21)19(28)30-15-16-7-5-4-6-8-16/h4-8,17-18,26H,9-15H2,1-3H3/t17-,18+,31?/m0/s1. The maximum absolute atomic E-state index is 13.5. The van der Waals surface area contributed by atoms with Crippen molar-refractivity contribution < 1.29 is 26.9 Å². The number of likely N-dealkylation sites (tertiary alicyclic amines) is 1. The molecule has 1 spiro atoms. The van der Waals surface area contributed by atoms with Crippen molar-refractivity contribution >= 4 is 17.1 Å². The van der Waals surface area contributed by atoms with Gasteiger partial charge < -0.3 is 9.64 Å². The first-order valence-corrected chi connectivity index (χ1v) is 11.8. The Morgan fingerprint density at radius 1 is 1.19 bits per heavy atom. The number of halogens is 3. The zero-order chi connectivity index (χ0) is 22.9. The summed E-state index contributed by atoms with van der Waals surface area (Å²) in [6.45, 7) is 6.21. The van der Waals surface area contributed by atoms with E-state index in [0.717, 1.165) is 5.56 Å². The van der Waals surface area contributed by atoms with E-state index in [2.05, 4.69) is 4.72 Å². The predicted molar refractivity (Wildman–Crippen MR) is 113 cm³/mol. The molecule has 1 saturated heterocycles. The summed E-state index contributed by atoms with van der Waals surface area (Å²) in [6, 6.07) is 8.82. The first-order valence-electron chi connectivity index (χ1n) is 10.6. The molecule has 1 unspecified atom stereocenters. The third-order valence-electron chi connectivity index (χ3n) is 6.40. The summed E-state index contributed by atoms with van der Waals surface area (Å²) in [5, 5.41) is 0. The van der Waals surface area contributed by atoms with E-state index in [1.165, 1.54) is 0 Å². The molecule has 1 aliphatic carbocycles. The van der Waals surface area contributed by atoms with E-state index in [1.54, 1.807) is 25.7 Å². The van der Waals surface area contributed by atoms with Crippen LogP contribution in [0.1, 0.15) is 52.0 Å². The maximum Gasteiger partial charge on any atom is 0.410 e. The van der Waals surface area contributed by atoms with Gasteiger partial charge in [0.25, 0.3) is 0 Å². The minimum atomic E-state index is -4.28. The minimum Gasteiger partial charge on any atom is -0.445 e. The third kappa shape index (κ3) is 5.80. The second-order valence-electron chi connectivity index (χ2n) is 9.62. The Hall–Kier alpha value is -1.61. The summed E-state index contributed by atoms with van der Waals surface area (Å²) in [4.78, 5) is 14.0. The van der Waals surface area contributed by atoms with Gasteiger partial charge in [0.15, 0.2) is 0 Å². The Balaban J connectivity index is 1.64. The van der Waals surface area contributed by atoms with Gasteiger partial charge >= 0.3 is 12.3 Å². The number of alkyl halides is 3. The Bertz CT molecular complexity index is 787. The molecule has 0 bridgehead atoms. The number of carbonyl (C=O) groups excluding carboxylic acids is 1. The van der Waals surface area contributed by atoms with Crippen molar-refractivity contribution in [3.63, 3.8) is 0 Å². The van der Waals surface area contributed by atoms with Gasteiger partial charge in [-0.2, -0.15) is 13.2 Å². The van der Waals surface area contributed by atoms with Crippen LogP contribution in [0.25, 0.3) is 0 Å². The second kappa shape index (κ2) is 9.10. The highest BCUT2D eigenvalue weighted by Gasteiger charge is 2.56. The highest BCUT2D eigenvalue weighted by Crippen LogP contribution is 2.53. The second-order valence-corrected chi connectivity index (χ2v) is 11.6. The predicted octanol–water partition coefficient (Wildman–Crippen LogP) is 4.80. The average molecular weight is 461 g/mol. The first-order chi connectivity index (χ1) is 14.4. The van der Waals surface area contributed by atoms with E-state index in [-0.39, 0.29) is 19.4 Å². The molecule has 0 aromatic heterocycles. The highest BCUT2D eigenvalue weighted by atomic mass is 32.2. The molecule has 1 amide bonds. The maximum atomic E-state index is 13.5. The van der Waals surface area contributed by atoms with Crippen LogP contribution in [0.5, 0.6) is 0 Å². The van der Waals surface area contributed by atoms with Gasteiger partial charge in [-0.3, -0.25) is 0 Å². The van der Waals surface area contributed by atoms with Crippen molar-refractivity contribution in [3.05, 3.63) is 35.9 Å². The van der Waals surface area contributed by atoms with E-state index < -0.39 is 45.4 Å². The van der Waals surface area contributed by atoms with Crippen LogP contribution in [0, 0.1) is 11.3 Å². The molecule has 9 heteroatoms. The first kappa shape index (κ1) is 24.0. The van der Waals surface area contributed by atoms with Gasteiger partial charge in [0.05, 0.1) is 21.7 Å². The molecule has 1 aliphatic heterocycles. The summed E-state index contributed by atoms with van der Waals surface area (Å²) in [6.07, 6.45) is -3.95. The number of hydrogen-bond donors (Lipinski definition) is 1. The number of amides is 1. The monoisotopic (exact) mass is 460 g/mol. The van der Waals surface area contributed by atoms with Crippen LogP contribution < -0.4 is 4.72 Å². The zero-order valence-electron chi connectivity index (χ0n) is 18.2. The summed E-state index contributed by atoms with van der Waals surface area (Å²) in [5.74, 6) is -1.42. The molecular weight excluding hydrogens is 429 g/mol. The summed E-state index contributed by atoms with van der Waals surface area (Å²) in [7, 11) is -1.46. The molecule has 3 atom stereocenters. The average Bonchev–Trinajstić information content (AvgIpc) is 3.05. The molecule has 31 heavy (non-hydrogen) atoms.